The van der Waals surface area contributed by atoms with Gasteiger partial charge in [0.15, 0.2) is 17.6 Å². The summed E-state index contributed by atoms with van der Waals surface area (Å²) in [5, 5.41) is 0.701. The second kappa shape index (κ2) is 9.17. The first-order valence-electron chi connectivity index (χ1n) is 10.4. The second-order valence-electron chi connectivity index (χ2n) is 7.52. The van der Waals surface area contributed by atoms with Gasteiger partial charge in [0.05, 0.1) is 19.7 Å². The molecule has 0 spiro atoms. The quantitative estimate of drug-likeness (QED) is 0.627. The van der Waals surface area contributed by atoms with Crippen LogP contribution in [0.5, 0.6) is 17.2 Å². The molecule has 9 nitrogen and oxygen atoms in total. The number of hydrogen-bond donors (Lipinski definition) is 1. The number of piperazine rings is 1. The van der Waals surface area contributed by atoms with E-state index in [4.69, 9.17) is 19.9 Å². The van der Waals surface area contributed by atoms with Gasteiger partial charge in [0.2, 0.25) is 5.95 Å². The van der Waals surface area contributed by atoms with Gasteiger partial charge in [-0.25, -0.2) is 4.98 Å². The highest BCUT2D eigenvalue weighted by Gasteiger charge is 2.27. The first-order valence-corrected chi connectivity index (χ1v) is 10.4. The molecular weight excluding hydrogens is 410 g/mol. The Hall–Kier alpha value is -3.75. The number of anilines is 2. The maximum absolute atomic E-state index is 12.8. The Balaban J connectivity index is 1.45. The molecule has 0 bridgehead atoms. The molecule has 1 fully saturated rings. The zero-order valence-electron chi connectivity index (χ0n) is 18.4. The van der Waals surface area contributed by atoms with Gasteiger partial charge in [-0.05, 0) is 25.1 Å². The van der Waals surface area contributed by atoms with E-state index in [1.54, 1.807) is 33.3 Å². The number of para-hydroxylation sites is 1. The van der Waals surface area contributed by atoms with Gasteiger partial charge in [0, 0.05) is 37.6 Å². The van der Waals surface area contributed by atoms with E-state index in [0.29, 0.717) is 66.1 Å². The summed E-state index contributed by atoms with van der Waals surface area (Å²) in [6, 6.07) is 12.9. The Morgan fingerprint density at radius 3 is 2.31 bits per heavy atom. The van der Waals surface area contributed by atoms with Crippen LogP contribution in [0.25, 0.3) is 10.9 Å². The van der Waals surface area contributed by atoms with Gasteiger partial charge >= 0.3 is 0 Å². The summed E-state index contributed by atoms with van der Waals surface area (Å²) in [5.41, 5.74) is 6.89. The maximum atomic E-state index is 12.8. The zero-order chi connectivity index (χ0) is 22.7. The van der Waals surface area contributed by atoms with Gasteiger partial charge in [-0.3, -0.25) is 4.79 Å². The fourth-order valence-corrected chi connectivity index (χ4v) is 3.75. The third-order valence-electron chi connectivity index (χ3n) is 5.50. The maximum Gasteiger partial charge on any atom is 0.263 e. The van der Waals surface area contributed by atoms with Crippen molar-refractivity contribution in [3.05, 3.63) is 42.5 Å². The lowest BCUT2D eigenvalue weighted by atomic mass is 10.2. The summed E-state index contributed by atoms with van der Waals surface area (Å²) >= 11 is 0. The molecule has 1 unspecified atom stereocenters. The molecule has 1 saturated heterocycles. The minimum Gasteiger partial charge on any atom is -0.493 e. The monoisotopic (exact) mass is 437 g/mol. The van der Waals surface area contributed by atoms with Gasteiger partial charge in [-0.15, -0.1) is 0 Å². The summed E-state index contributed by atoms with van der Waals surface area (Å²) in [5.74, 6) is 2.69. The molecule has 1 aliphatic heterocycles. The second-order valence-corrected chi connectivity index (χ2v) is 7.52. The number of nitrogen functional groups attached to an aromatic ring is 1. The lowest BCUT2D eigenvalue weighted by molar-refractivity contribution is -0.138. The Bertz CT molecular complexity index is 1100. The van der Waals surface area contributed by atoms with Crippen molar-refractivity contribution in [3.8, 4) is 17.2 Å². The van der Waals surface area contributed by atoms with Gasteiger partial charge < -0.3 is 29.7 Å². The third kappa shape index (κ3) is 4.32. The van der Waals surface area contributed by atoms with E-state index in [0.717, 1.165) is 0 Å². The average molecular weight is 438 g/mol. The highest BCUT2D eigenvalue weighted by molar-refractivity contribution is 5.91. The van der Waals surface area contributed by atoms with Gasteiger partial charge in [-0.1, -0.05) is 18.2 Å². The van der Waals surface area contributed by atoms with E-state index in [1.807, 2.05) is 40.1 Å². The Morgan fingerprint density at radius 1 is 1.00 bits per heavy atom. The number of ether oxygens (including phenoxy) is 3. The Labute approximate surface area is 186 Å². The highest BCUT2D eigenvalue weighted by Crippen LogP contribution is 2.34. The number of methoxy groups -OCH3 is 2. The zero-order valence-corrected chi connectivity index (χ0v) is 18.4. The Kier molecular flexibility index (Phi) is 6.16. The largest absolute Gasteiger partial charge is 0.493 e. The molecule has 1 aromatic heterocycles. The normalized spacial score (nSPS) is 14.8. The summed E-state index contributed by atoms with van der Waals surface area (Å²) in [4.78, 5) is 25.8. The number of rotatable bonds is 6. The van der Waals surface area contributed by atoms with Crippen LogP contribution in [0.3, 0.4) is 0 Å². The van der Waals surface area contributed by atoms with Crippen molar-refractivity contribution in [3.63, 3.8) is 0 Å². The highest BCUT2D eigenvalue weighted by atomic mass is 16.5. The van der Waals surface area contributed by atoms with E-state index in [-0.39, 0.29) is 5.91 Å². The van der Waals surface area contributed by atoms with Gasteiger partial charge in [-0.2, -0.15) is 4.98 Å². The number of carbonyl (C=O) groups excluding carboxylic acids is 1. The van der Waals surface area contributed by atoms with E-state index in [2.05, 4.69) is 9.97 Å². The molecule has 0 aliphatic carbocycles. The molecule has 1 amide bonds. The van der Waals surface area contributed by atoms with Crippen LogP contribution in [0.15, 0.2) is 42.5 Å². The lowest BCUT2D eigenvalue weighted by Gasteiger charge is -2.36. The fraction of sp³-hybridized carbons (Fsp3) is 0.348. The van der Waals surface area contributed by atoms with E-state index < -0.39 is 6.10 Å². The van der Waals surface area contributed by atoms with Gasteiger partial charge in [0.1, 0.15) is 11.6 Å². The summed E-state index contributed by atoms with van der Waals surface area (Å²) in [6.07, 6.45) is -0.557. The molecule has 168 valence electrons. The van der Waals surface area contributed by atoms with Crippen LogP contribution in [0.1, 0.15) is 6.92 Å². The summed E-state index contributed by atoms with van der Waals surface area (Å²) in [6.45, 7) is 4.07. The third-order valence-corrected chi connectivity index (χ3v) is 5.50. The molecule has 0 saturated carbocycles. The number of nitrogens with two attached hydrogens (primary N) is 1. The lowest BCUT2D eigenvalue weighted by Crippen LogP contribution is -2.52. The van der Waals surface area contributed by atoms with Crippen molar-refractivity contribution in [2.45, 2.75) is 13.0 Å². The number of hydrogen-bond acceptors (Lipinski definition) is 8. The minimum absolute atomic E-state index is 0.0377. The van der Waals surface area contributed by atoms with Crippen molar-refractivity contribution < 1.29 is 19.0 Å². The van der Waals surface area contributed by atoms with Crippen LogP contribution in [-0.4, -0.2) is 67.3 Å². The van der Waals surface area contributed by atoms with Crippen molar-refractivity contribution in [2.24, 2.45) is 0 Å². The number of nitrogens with zero attached hydrogens (tertiary/aromatic N) is 4. The average Bonchev–Trinajstić information content (AvgIpc) is 2.83. The molecule has 2 heterocycles. The smallest absolute Gasteiger partial charge is 0.263 e. The number of fused-ring (bicyclic) bond motifs is 1. The van der Waals surface area contributed by atoms with Crippen molar-refractivity contribution in [2.75, 3.05) is 51.0 Å². The van der Waals surface area contributed by atoms with Crippen molar-refractivity contribution in [1.29, 1.82) is 0 Å². The van der Waals surface area contributed by atoms with Gasteiger partial charge in [0.25, 0.3) is 5.91 Å². The predicted octanol–water partition coefficient (Wildman–Crippen LogP) is 2.35. The molecule has 2 aromatic carbocycles. The summed E-state index contributed by atoms with van der Waals surface area (Å²) < 4.78 is 16.5. The molecule has 1 aliphatic rings. The molecule has 9 heteroatoms. The van der Waals surface area contributed by atoms with Crippen LogP contribution >= 0.6 is 0 Å². The molecule has 3 aromatic rings. The summed E-state index contributed by atoms with van der Waals surface area (Å²) in [7, 11) is 3.15. The number of amides is 1. The van der Waals surface area contributed by atoms with E-state index in [9.17, 15) is 4.79 Å². The molecule has 32 heavy (non-hydrogen) atoms. The number of benzene rings is 2. The molecule has 1 atom stereocenters. The Morgan fingerprint density at radius 2 is 1.66 bits per heavy atom. The van der Waals surface area contributed by atoms with Crippen LogP contribution in [0.4, 0.5) is 11.8 Å². The molecule has 0 radical (unpaired) electrons. The van der Waals surface area contributed by atoms with E-state index >= 15 is 0 Å². The minimum atomic E-state index is -0.557. The standard InChI is InChI=1S/C23H27N5O4/c1-15(32-16-7-5-4-6-8-16)22(29)27-9-11-28(12-10-27)23-25-18-14-20(31-3)19(30-2)13-17(18)21(24)26-23/h4-8,13-15H,9-12H2,1-3H3,(H2,24,25,26). The van der Waals surface area contributed by atoms with Crippen molar-refractivity contribution >= 4 is 28.6 Å². The van der Waals surface area contributed by atoms with Crippen LogP contribution in [0, 0.1) is 0 Å². The first-order chi connectivity index (χ1) is 15.5. The van der Waals surface area contributed by atoms with Crippen LogP contribution < -0.4 is 24.8 Å². The number of carbonyl (C=O) groups is 1. The van der Waals surface area contributed by atoms with Crippen LogP contribution in [0.2, 0.25) is 0 Å². The van der Waals surface area contributed by atoms with Crippen molar-refractivity contribution in [1.82, 2.24) is 14.9 Å². The first kappa shape index (κ1) is 21.5. The van der Waals surface area contributed by atoms with E-state index in [1.165, 1.54) is 0 Å². The predicted molar refractivity (Wildman–Crippen MR) is 122 cm³/mol. The molecule has 2 N–H and O–H groups in total. The molecule has 4 rings (SSSR count). The fourth-order valence-electron chi connectivity index (χ4n) is 3.75. The topological polar surface area (TPSA) is 103 Å². The number of aromatic nitrogens is 2. The molecular formula is C23H27N5O4. The SMILES string of the molecule is COc1cc2nc(N3CCN(C(=O)C(C)Oc4ccccc4)CC3)nc(N)c2cc1OC. The van der Waals surface area contributed by atoms with Crippen LogP contribution in [-0.2, 0) is 4.79 Å².